The fraction of sp³-hybridized carbons (Fsp3) is 0.391. The minimum absolute atomic E-state index is 0.0714. The molecule has 1 saturated carbocycles. The van der Waals surface area contributed by atoms with Crippen molar-refractivity contribution >= 4 is 62.3 Å². The number of aromatic nitrogens is 5. The van der Waals surface area contributed by atoms with E-state index in [1.165, 1.54) is 26.8 Å². The van der Waals surface area contributed by atoms with Gasteiger partial charge in [0.1, 0.15) is 46.9 Å². The molecule has 20 nitrogen and oxygen atoms in total. The zero-order valence-corrected chi connectivity index (χ0v) is 44.1. The van der Waals surface area contributed by atoms with Crippen LogP contribution in [0.25, 0.3) is 22.0 Å². The molecule has 0 radical (unpaired) electrons. The van der Waals surface area contributed by atoms with Crippen LogP contribution in [0.3, 0.4) is 0 Å². The van der Waals surface area contributed by atoms with E-state index in [4.69, 9.17) is 9.79 Å². The zero-order chi connectivity index (χ0) is 59.1. The van der Waals surface area contributed by atoms with Crippen molar-refractivity contribution in [3.8, 4) is 23.0 Å². The number of carbonyl (C=O) groups excluding carboxylic acids is 3. The van der Waals surface area contributed by atoms with E-state index in [9.17, 15) is 70.9 Å². The maximum absolute atomic E-state index is 15.8. The van der Waals surface area contributed by atoms with Crippen molar-refractivity contribution in [3.05, 3.63) is 106 Å². The van der Waals surface area contributed by atoms with Gasteiger partial charge in [0.15, 0.2) is 21.3 Å². The minimum atomic E-state index is -5.31. The fourth-order valence-corrected chi connectivity index (χ4v) is 10.1. The molecular formula is C46H43F10N8O12PS2. The summed E-state index contributed by atoms with van der Waals surface area (Å²) >= 11 is 0. The van der Waals surface area contributed by atoms with Gasteiger partial charge >= 0.3 is 26.3 Å². The second kappa shape index (κ2) is 20.6. The molecule has 2 aliphatic rings. The Bertz CT molecular complexity index is 3700. The monoisotopic (exact) mass is 1180 g/mol. The van der Waals surface area contributed by atoms with Crippen LogP contribution in [-0.4, -0.2) is 105 Å². The summed E-state index contributed by atoms with van der Waals surface area (Å²) in [6.45, 7) is 3.20. The first-order valence-electron chi connectivity index (χ1n) is 22.6. The third-order valence-electron chi connectivity index (χ3n) is 12.5. The Morgan fingerprint density at radius 3 is 2.14 bits per heavy atom. The summed E-state index contributed by atoms with van der Waals surface area (Å²) in [6.07, 6.45) is -11.6. The van der Waals surface area contributed by atoms with Gasteiger partial charge in [-0.25, -0.2) is 44.5 Å². The fourth-order valence-electron chi connectivity index (χ4n) is 8.73. The number of nitrogens with zero attached hydrogens (tertiary/aromatic N) is 6. The van der Waals surface area contributed by atoms with Crippen LogP contribution in [0.4, 0.5) is 54.5 Å². The number of alkyl halides is 8. The molecule has 79 heavy (non-hydrogen) atoms. The molecule has 1 fully saturated rings. The Hall–Kier alpha value is -6.91. The van der Waals surface area contributed by atoms with Gasteiger partial charge in [-0.1, -0.05) is 30.2 Å². The van der Waals surface area contributed by atoms with E-state index in [0.29, 0.717) is 12.3 Å². The van der Waals surface area contributed by atoms with Crippen molar-refractivity contribution < 1.29 is 98.7 Å². The predicted molar refractivity (Wildman–Crippen MR) is 256 cm³/mol. The first-order chi connectivity index (χ1) is 36.1. The molecule has 0 spiro atoms. The van der Waals surface area contributed by atoms with E-state index >= 15 is 8.78 Å². The number of hydrogen-bond acceptors (Lipinski definition) is 13. The molecule has 7 rings (SSSR count). The third-order valence-corrected chi connectivity index (χ3v) is 15.9. The Morgan fingerprint density at radius 1 is 0.949 bits per heavy atom. The van der Waals surface area contributed by atoms with E-state index in [-0.39, 0.29) is 41.6 Å². The number of fused-ring (bicyclic) bond motifs is 4. The van der Waals surface area contributed by atoms with E-state index in [2.05, 4.69) is 48.2 Å². The Morgan fingerprint density at radius 2 is 1.57 bits per heavy atom. The molecule has 426 valence electrons. The van der Waals surface area contributed by atoms with Crippen molar-refractivity contribution in [2.75, 3.05) is 23.6 Å². The van der Waals surface area contributed by atoms with Gasteiger partial charge in [0.05, 0.1) is 29.4 Å². The van der Waals surface area contributed by atoms with Gasteiger partial charge < -0.3 is 25.2 Å². The number of halogens is 10. The maximum Gasteiger partial charge on any atom is 0.472 e. The van der Waals surface area contributed by atoms with Gasteiger partial charge in [-0.15, -0.1) is 0 Å². The number of phosphoric acid groups is 1. The lowest BCUT2D eigenvalue weighted by molar-refractivity contribution is -0.142. The summed E-state index contributed by atoms with van der Waals surface area (Å²) in [5.41, 5.74) is -6.74. The summed E-state index contributed by atoms with van der Waals surface area (Å²) in [5.74, 6) is -8.54. The number of amides is 3. The van der Waals surface area contributed by atoms with Crippen LogP contribution in [0, 0.1) is 36.3 Å². The average molecular weight is 1180 g/mol. The number of anilines is 1. The molecule has 2 aliphatic carbocycles. The lowest BCUT2D eigenvalue weighted by Gasteiger charge is -2.24. The van der Waals surface area contributed by atoms with Gasteiger partial charge in [-0.2, -0.15) is 49.6 Å². The molecule has 5 aromatic rings. The van der Waals surface area contributed by atoms with Gasteiger partial charge in [0, 0.05) is 40.3 Å². The largest absolute Gasteiger partial charge is 0.472 e. The predicted octanol–water partition coefficient (Wildman–Crippen LogP) is 6.59. The molecule has 33 heteroatoms. The number of allylic oxidation sites excluding steroid dienone is 1. The zero-order valence-electron chi connectivity index (χ0n) is 41.6. The summed E-state index contributed by atoms with van der Waals surface area (Å²) in [7, 11) is -14.1. The first-order valence-corrected chi connectivity index (χ1v) is 27.9. The first kappa shape index (κ1) is 59.7. The number of ether oxygens (including phenoxy) is 1. The number of sulfonamides is 1. The van der Waals surface area contributed by atoms with Crippen molar-refractivity contribution in [2.45, 2.75) is 88.2 Å². The van der Waals surface area contributed by atoms with E-state index in [1.54, 1.807) is 0 Å². The second-order valence-corrected chi connectivity index (χ2v) is 24.5. The third kappa shape index (κ3) is 12.6. The molecule has 2 aromatic carbocycles. The molecular weight excluding hydrogens is 1140 g/mol. The van der Waals surface area contributed by atoms with Crippen molar-refractivity contribution in [3.63, 3.8) is 0 Å². The average Bonchev–Trinajstić information content (AvgIpc) is 2.86. The van der Waals surface area contributed by atoms with Crippen LogP contribution in [0.15, 0.2) is 54.6 Å². The van der Waals surface area contributed by atoms with Crippen LogP contribution in [0.1, 0.15) is 72.2 Å². The second-order valence-electron chi connectivity index (χ2n) is 18.8. The molecule has 0 aliphatic heterocycles. The Kier molecular flexibility index (Phi) is 15.6. The number of sulfone groups is 1. The molecule has 0 unspecified atom stereocenters. The number of alkyl carbamates (subject to hydrolysis) is 1. The highest BCUT2D eigenvalue weighted by Crippen LogP contribution is 2.71. The van der Waals surface area contributed by atoms with Crippen molar-refractivity contribution in [1.29, 1.82) is 0 Å². The quantitative estimate of drug-likeness (QED) is 0.0267. The molecule has 3 amide bonds. The maximum atomic E-state index is 15.8. The molecule has 3 aromatic heterocycles. The number of carbonyl (C=O) groups is 3. The Balaban J connectivity index is 1.45. The molecule has 4 N–H and O–H groups in total. The summed E-state index contributed by atoms with van der Waals surface area (Å²) < 4.78 is 219. The lowest BCUT2D eigenvalue weighted by Crippen LogP contribution is -2.49. The lowest BCUT2D eigenvalue weighted by atomic mass is 9.92. The van der Waals surface area contributed by atoms with Gasteiger partial charge in [0.25, 0.3) is 11.8 Å². The highest BCUT2D eigenvalue weighted by Gasteiger charge is 2.71. The van der Waals surface area contributed by atoms with Gasteiger partial charge in [-0.05, 0) is 75.4 Å². The van der Waals surface area contributed by atoms with Crippen LogP contribution >= 0.6 is 7.82 Å². The molecule has 4 atom stereocenters. The van der Waals surface area contributed by atoms with Crippen molar-refractivity contribution in [1.82, 2.24) is 35.2 Å². The number of benzene rings is 2. The highest BCUT2D eigenvalue weighted by atomic mass is 32.2. The van der Waals surface area contributed by atoms with Crippen LogP contribution < -0.4 is 14.9 Å². The summed E-state index contributed by atoms with van der Waals surface area (Å²) in [4.78, 5) is 63.1. The number of pyridine rings is 1. The van der Waals surface area contributed by atoms with E-state index in [1.807, 2.05) is 5.32 Å². The van der Waals surface area contributed by atoms with Crippen molar-refractivity contribution in [2.24, 2.45) is 5.92 Å². The van der Waals surface area contributed by atoms with E-state index in [0.717, 1.165) is 43.5 Å². The normalized spacial score (nSPS) is 17.1. The van der Waals surface area contributed by atoms with Crippen LogP contribution in [-0.2, 0) is 74.9 Å². The Labute approximate surface area is 441 Å². The number of rotatable bonds is 16. The smallest absolute Gasteiger partial charge is 0.422 e. The standard InChI is InChI=1S/C46H43F10N8O12PS2/c1-21-8-10-29(37-32(21)40(61-63(37)19-44(49,50)51)64(79(7,73)74)41(66)23(3)57-42(67)75-20-76-77(68,69)70)28-11-9-27(12-13-43(4,5)78(6,71)72)58-36(28)30(16-24-14-25(47)17-26(48)15-24)59-31(65)18-62-39-34(38(60-62)46(54,55)56)33-22(2)35(33)45(39,52)53/h8-11,14-15,17,23,30,33,35H,2,16,18-20H2,1,3-7H3,(H,57,67)(H,59,65)(H2,68,69,70)/t23-,30-,33+,35+/m0/s1. The highest BCUT2D eigenvalue weighted by molar-refractivity contribution is 7.93. The number of nitrogens with one attached hydrogen (secondary N) is 2. The van der Waals surface area contributed by atoms with Gasteiger partial charge in [0.2, 0.25) is 22.7 Å². The molecule has 3 heterocycles. The number of hydrogen-bond donors (Lipinski definition) is 4. The molecule has 0 saturated heterocycles. The van der Waals surface area contributed by atoms with Crippen LogP contribution in [0.5, 0.6) is 0 Å². The number of phosphoric ester groups is 1. The minimum Gasteiger partial charge on any atom is -0.422 e. The topological polar surface area (TPSA) is 271 Å². The summed E-state index contributed by atoms with van der Waals surface area (Å²) in [6, 6.07) is 2.73. The SMILES string of the molecule is C=C1[C@@H]2c3c(C(F)(F)F)nn(CC(=O)N[C@@H](Cc4cc(F)cc(F)c4)c4nc(C#CC(C)(C)S(C)(=O)=O)ccc4-c4ccc(C)c5c(N(C(=O)[C@H](C)NC(=O)OCOP(=O)(O)O)S(C)(=O)=O)nn(CC(F)(F)F)c45)c3C(F)(F)[C@H]12. The van der Waals surface area contributed by atoms with E-state index < -0.39 is 175 Å². The van der Waals surface area contributed by atoms with Gasteiger partial charge in [-0.3, -0.25) is 19.0 Å². The summed E-state index contributed by atoms with van der Waals surface area (Å²) in [5, 5.41) is 11.1. The number of aryl methyl sites for hydroxylation is 1. The molecule has 0 bridgehead atoms. The van der Waals surface area contributed by atoms with Crippen LogP contribution in [0.2, 0.25) is 0 Å².